The van der Waals surface area contributed by atoms with Crippen LogP contribution in [0.15, 0.2) is 47.0 Å². The topological polar surface area (TPSA) is 82.1 Å². The summed E-state index contributed by atoms with van der Waals surface area (Å²) < 4.78 is 19.0. The molecule has 1 saturated heterocycles. The molecular formula is C27H30N4O4. The van der Waals surface area contributed by atoms with Crippen LogP contribution < -0.4 is 4.90 Å². The Morgan fingerprint density at radius 2 is 1.91 bits per heavy atom. The van der Waals surface area contributed by atoms with E-state index < -0.39 is 5.97 Å². The third-order valence-corrected chi connectivity index (χ3v) is 6.20. The Kier molecular flexibility index (Phi) is 6.55. The molecule has 1 aliphatic heterocycles. The number of hydrogen-bond acceptors (Lipinski definition) is 7. The lowest BCUT2D eigenvalue weighted by atomic mass is 10.0. The van der Waals surface area contributed by atoms with Gasteiger partial charge in [-0.05, 0) is 31.9 Å². The molecule has 35 heavy (non-hydrogen) atoms. The van der Waals surface area contributed by atoms with Crippen LogP contribution in [-0.2, 0) is 15.9 Å². The fraction of sp³-hybridized carbons (Fsp3) is 0.370. The molecule has 8 nitrogen and oxygen atoms in total. The maximum absolute atomic E-state index is 13.5. The SMILES string of the molecule is CCCc1c(-c2ncc(C)o2)c(C(=O)OCC)c2c(-c3ccccc3)cc(N3CCOCC3)nn12. The number of aromatic nitrogens is 3. The molecule has 0 spiro atoms. The molecule has 0 radical (unpaired) electrons. The largest absolute Gasteiger partial charge is 0.462 e. The number of morpholine rings is 1. The quantitative estimate of drug-likeness (QED) is 0.351. The van der Waals surface area contributed by atoms with Gasteiger partial charge in [0.15, 0.2) is 0 Å². The number of benzene rings is 1. The van der Waals surface area contributed by atoms with Crippen molar-refractivity contribution in [2.75, 3.05) is 37.8 Å². The third-order valence-electron chi connectivity index (χ3n) is 6.20. The molecule has 182 valence electrons. The highest BCUT2D eigenvalue weighted by Crippen LogP contribution is 2.40. The monoisotopic (exact) mass is 474 g/mol. The predicted molar refractivity (Wildman–Crippen MR) is 134 cm³/mol. The minimum absolute atomic E-state index is 0.267. The molecule has 1 aromatic carbocycles. The van der Waals surface area contributed by atoms with Crippen molar-refractivity contribution in [2.45, 2.75) is 33.6 Å². The second kappa shape index (κ2) is 9.92. The van der Waals surface area contributed by atoms with Crippen molar-refractivity contribution in [1.29, 1.82) is 0 Å². The van der Waals surface area contributed by atoms with Gasteiger partial charge >= 0.3 is 5.97 Å². The maximum Gasteiger partial charge on any atom is 0.341 e. The van der Waals surface area contributed by atoms with Crippen LogP contribution >= 0.6 is 0 Å². The molecule has 0 bridgehead atoms. The molecule has 1 aliphatic rings. The number of ether oxygens (including phenoxy) is 2. The van der Waals surface area contributed by atoms with Crippen LogP contribution in [-0.4, -0.2) is 53.5 Å². The lowest BCUT2D eigenvalue weighted by Gasteiger charge is -2.28. The van der Waals surface area contributed by atoms with Gasteiger partial charge in [0.05, 0.1) is 42.8 Å². The minimum atomic E-state index is -0.406. The highest BCUT2D eigenvalue weighted by molar-refractivity contribution is 6.08. The molecule has 0 N–H and O–H groups in total. The second-order valence-corrected chi connectivity index (χ2v) is 8.59. The molecule has 0 aliphatic carbocycles. The Bertz CT molecular complexity index is 1340. The molecule has 4 aromatic rings. The number of carbonyl (C=O) groups excluding carboxylic acids is 1. The summed E-state index contributed by atoms with van der Waals surface area (Å²) in [7, 11) is 0. The average molecular weight is 475 g/mol. The van der Waals surface area contributed by atoms with Crippen LogP contribution in [0.5, 0.6) is 0 Å². The van der Waals surface area contributed by atoms with Crippen LogP contribution in [0.4, 0.5) is 5.82 Å². The zero-order chi connectivity index (χ0) is 24.4. The highest BCUT2D eigenvalue weighted by atomic mass is 16.5. The van der Waals surface area contributed by atoms with Gasteiger partial charge in [-0.25, -0.2) is 14.3 Å². The van der Waals surface area contributed by atoms with E-state index in [1.807, 2.05) is 36.6 Å². The Hall–Kier alpha value is -3.65. The molecule has 0 saturated carbocycles. The zero-order valence-electron chi connectivity index (χ0n) is 20.4. The Balaban J connectivity index is 1.89. The van der Waals surface area contributed by atoms with Gasteiger partial charge in [-0.2, -0.15) is 0 Å². The number of aryl methyl sites for hydroxylation is 2. The second-order valence-electron chi connectivity index (χ2n) is 8.59. The van der Waals surface area contributed by atoms with Crippen LogP contribution in [0, 0.1) is 6.92 Å². The van der Waals surface area contributed by atoms with Crippen molar-refractivity contribution >= 4 is 17.3 Å². The number of oxazole rings is 1. The summed E-state index contributed by atoms with van der Waals surface area (Å²) in [4.78, 5) is 20.2. The standard InChI is InChI=1S/C27H30N4O4/c1-4-9-21-23(26-28-17-18(3)35-26)24(27(32)34-5-2)25-20(19-10-7-6-8-11-19)16-22(29-31(21)25)30-12-14-33-15-13-30/h6-8,10-11,16-17H,4-5,9,12-15H2,1-3H3. The Morgan fingerprint density at radius 3 is 2.57 bits per heavy atom. The van der Waals surface area contributed by atoms with E-state index in [1.54, 1.807) is 6.20 Å². The number of nitrogens with zero attached hydrogens (tertiary/aromatic N) is 4. The van der Waals surface area contributed by atoms with Gasteiger partial charge in [0.25, 0.3) is 0 Å². The summed E-state index contributed by atoms with van der Waals surface area (Å²) >= 11 is 0. The summed E-state index contributed by atoms with van der Waals surface area (Å²) in [6.45, 7) is 8.86. The van der Waals surface area contributed by atoms with Crippen LogP contribution in [0.25, 0.3) is 28.1 Å². The first kappa shape index (κ1) is 23.1. The number of hydrogen-bond donors (Lipinski definition) is 0. The smallest absolute Gasteiger partial charge is 0.341 e. The minimum Gasteiger partial charge on any atom is -0.462 e. The van der Waals surface area contributed by atoms with Crippen LogP contribution in [0.1, 0.15) is 42.1 Å². The van der Waals surface area contributed by atoms with Gasteiger partial charge in [0.1, 0.15) is 17.1 Å². The fourth-order valence-corrected chi connectivity index (χ4v) is 4.65. The number of anilines is 1. The summed E-state index contributed by atoms with van der Waals surface area (Å²) in [5.74, 6) is 1.53. The Labute approximate surface area is 204 Å². The fourth-order valence-electron chi connectivity index (χ4n) is 4.65. The van der Waals surface area contributed by atoms with E-state index in [0.717, 1.165) is 42.1 Å². The predicted octanol–water partition coefficient (Wildman–Crippen LogP) is 4.93. The molecule has 8 heteroatoms. The summed E-state index contributed by atoms with van der Waals surface area (Å²) in [5.41, 5.74) is 4.60. The van der Waals surface area contributed by atoms with Gasteiger partial charge in [-0.15, -0.1) is 5.10 Å². The van der Waals surface area contributed by atoms with E-state index in [0.29, 0.717) is 47.9 Å². The van der Waals surface area contributed by atoms with E-state index in [9.17, 15) is 4.79 Å². The van der Waals surface area contributed by atoms with Crippen LogP contribution in [0.3, 0.4) is 0 Å². The molecule has 3 aromatic heterocycles. The summed E-state index contributed by atoms with van der Waals surface area (Å²) in [5, 5.41) is 5.07. The van der Waals surface area contributed by atoms with Crippen molar-refractivity contribution in [3.05, 3.63) is 59.6 Å². The maximum atomic E-state index is 13.5. The van der Waals surface area contributed by atoms with Gasteiger partial charge < -0.3 is 18.8 Å². The van der Waals surface area contributed by atoms with E-state index >= 15 is 0 Å². The molecule has 0 atom stereocenters. The number of carbonyl (C=O) groups is 1. The molecule has 4 heterocycles. The van der Waals surface area contributed by atoms with Gasteiger partial charge in [0.2, 0.25) is 5.89 Å². The van der Waals surface area contributed by atoms with Crippen molar-refractivity contribution in [3.63, 3.8) is 0 Å². The van der Waals surface area contributed by atoms with Crippen LogP contribution in [0.2, 0.25) is 0 Å². The van der Waals surface area contributed by atoms with E-state index in [2.05, 4.69) is 35.0 Å². The summed E-state index contributed by atoms with van der Waals surface area (Å²) in [6.07, 6.45) is 3.24. The lowest BCUT2D eigenvalue weighted by molar-refractivity contribution is 0.0529. The molecule has 1 fully saturated rings. The molecule has 0 amide bonds. The lowest BCUT2D eigenvalue weighted by Crippen LogP contribution is -2.37. The van der Waals surface area contributed by atoms with E-state index in [-0.39, 0.29) is 6.61 Å². The molecular weight excluding hydrogens is 444 g/mol. The Morgan fingerprint density at radius 1 is 1.14 bits per heavy atom. The first-order valence-corrected chi connectivity index (χ1v) is 12.2. The van der Waals surface area contributed by atoms with Gasteiger partial charge in [-0.3, -0.25) is 0 Å². The van der Waals surface area contributed by atoms with Crippen molar-refractivity contribution in [3.8, 4) is 22.6 Å². The summed E-state index contributed by atoms with van der Waals surface area (Å²) in [6, 6.07) is 12.2. The average Bonchev–Trinajstić information content (AvgIpc) is 3.46. The normalized spacial score (nSPS) is 14.0. The van der Waals surface area contributed by atoms with Crippen molar-refractivity contribution < 1.29 is 18.7 Å². The third kappa shape index (κ3) is 4.30. The van der Waals surface area contributed by atoms with Crippen molar-refractivity contribution in [2.24, 2.45) is 0 Å². The van der Waals surface area contributed by atoms with Gasteiger partial charge in [0, 0.05) is 18.7 Å². The van der Waals surface area contributed by atoms with E-state index in [4.69, 9.17) is 19.0 Å². The molecule has 0 unspecified atom stereocenters. The highest BCUT2D eigenvalue weighted by Gasteiger charge is 2.31. The first-order valence-electron chi connectivity index (χ1n) is 12.2. The molecule has 5 rings (SSSR count). The number of fused-ring (bicyclic) bond motifs is 1. The number of rotatable bonds is 7. The van der Waals surface area contributed by atoms with E-state index in [1.165, 1.54) is 0 Å². The zero-order valence-corrected chi connectivity index (χ0v) is 20.4. The number of esters is 1. The van der Waals surface area contributed by atoms with Gasteiger partial charge in [-0.1, -0.05) is 43.7 Å². The van der Waals surface area contributed by atoms with Crippen molar-refractivity contribution in [1.82, 2.24) is 14.6 Å². The first-order chi connectivity index (χ1) is 17.1.